The van der Waals surface area contributed by atoms with E-state index < -0.39 is 5.79 Å². The zero-order valence-electron chi connectivity index (χ0n) is 14.2. The maximum atomic E-state index is 12.3. The van der Waals surface area contributed by atoms with Crippen LogP contribution in [0.2, 0.25) is 0 Å². The molecule has 1 atom stereocenters. The summed E-state index contributed by atoms with van der Waals surface area (Å²) in [4.78, 5) is 20.1. The smallest absolute Gasteiger partial charge is 0.259 e. The van der Waals surface area contributed by atoms with Crippen molar-refractivity contribution in [3.8, 4) is 0 Å². The molecular weight excluding hydrogens is 326 g/mol. The lowest BCUT2D eigenvalue weighted by atomic mass is 9.90. The van der Waals surface area contributed by atoms with E-state index in [9.17, 15) is 4.79 Å². The molecule has 0 unspecified atom stereocenters. The van der Waals surface area contributed by atoms with E-state index in [2.05, 4.69) is 16.8 Å². The first-order valence-corrected chi connectivity index (χ1v) is 9.40. The van der Waals surface area contributed by atoms with Gasteiger partial charge in [0.2, 0.25) is 0 Å². The molecule has 24 heavy (non-hydrogen) atoms. The van der Waals surface area contributed by atoms with E-state index in [0.29, 0.717) is 25.7 Å². The van der Waals surface area contributed by atoms with Crippen LogP contribution < -0.4 is 5.56 Å². The zero-order valence-corrected chi connectivity index (χ0v) is 15.0. The van der Waals surface area contributed by atoms with Gasteiger partial charge in [-0.1, -0.05) is 0 Å². The van der Waals surface area contributed by atoms with Crippen molar-refractivity contribution in [3.05, 3.63) is 33.2 Å². The lowest BCUT2D eigenvalue weighted by molar-refractivity contribution is -0.192. The Balaban J connectivity index is 1.51. The van der Waals surface area contributed by atoms with Crippen molar-refractivity contribution in [1.29, 1.82) is 0 Å². The van der Waals surface area contributed by atoms with Crippen LogP contribution in [0.1, 0.15) is 31.2 Å². The third kappa shape index (κ3) is 2.90. The van der Waals surface area contributed by atoms with Gasteiger partial charge in [-0.3, -0.25) is 14.1 Å². The number of ether oxygens (including phenoxy) is 2. The Morgan fingerprint density at radius 2 is 2.21 bits per heavy atom. The van der Waals surface area contributed by atoms with Crippen molar-refractivity contribution in [3.63, 3.8) is 0 Å². The van der Waals surface area contributed by atoms with E-state index in [0.717, 1.165) is 42.3 Å². The number of piperidine rings is 1. The summed E-state index contributed by atoms with van der Waals surface area (Å²) < 4.78 is 13.4. The highest BCUT2D eigenvalue weighted by Crippen LogP contribution is 2.34. The highest BCUT2D eigenvalue weighted by Gasteiger charge is 2.41. The molecule has 0 radical (unpaired) electrons. The molecule has 0 aromatic carbocycles. The van der Waals surface area contributed by atoms with Crippen LogP contribution in [0.3, 0.4) is 0 Å². The van der Waals surface area contributed by atoms with Crippen LogP contribution >= 0.6 is 11.3 Å². The molecule has 0 spiro atoms. The average Bonchev–Trinajstić information content (AvgIpc) is 3.15. The number of hydrogen-bond acceptors (Lipinski definition) is 6. The van der Waals surface area contributed by atoms with Crippen LogP contribution in [0.4, 0.5) is 0 Å². The van der Waals surface area contributed by atoms with E-state index in [4.69, 9.17) is 9.47 Å². The molecule has 0 aliphatic carbocycles. The molecular formula is C17H23N3O3S. The third-order valence-electron chi connectivity index (χ3n) is 5.12. The Hall–Kier alpha value is -1.28. The first-order valence-electron chi connectivity index (χ1n) is 8.52. The van der Waals surface area contributed by atoms with E-state index >= 15 is 0 Å². The fraction of sp³-hybridized carbons (Fsp3) is 0.647. The monoisotopic (exact) mass is 349 g/mol. The van der Waals surface area contributed by atoms with Gasteiger partial charge in [0, 0.05) is 36.1 Å². The van der Waals surface area contributed by atoms with Gasteiger partial charge in [0.05, 0.1) is 18.9 Å². The molecule has 0 saturated carbocycles. The first kappa shape index (κ1) is 16.2. The number of thiazole rings is 1. The van der Waals surface area contributed by atoms with Crippen LogP contribution in [0, 0.1) is 12.8 Å². The number of aryl methyl sites for hydroxylation is 1. The number of nitrogens with zero attached hydrogens (tertiary/aromatic N) is 3. The fourth-order valence-corrected chi connectivity index (χ4v) is 4.69. The normalized spacial score (nSPS) is 24.7. The molecule has 4 rings (SSSR count). The van der Waals surface area contributed by atoms with Crippen molar-refractivity contribution in [2.45, 2.75) is 39.0 Å². The lowest BCUT2D eigenvalue weighted by Gasteiger charge is -2.39. The van der Waals surface area contributed by atoms with Gasteiger partial charge < -0.3 is 9.47 Å². The minimum Gasteiger partial charge on any atom is -0.347 e. The molecule has 6 nitrogen and oxygen atoms in total. The summed E-state index contributed by atoms with van der Waals surface area (Å²) in [6, 6.07) is 1.67. The molecule has 0 bridgehead atoms. The molecule has 2 aromatic heterocycles. The van der Waals surface area contributed by atoms with E-state index in [1.165, 1.54) is 11.3 Å². The number of rotatable bonds is 3. The van der Waals surface area contributed by atoms with Crippen molar-refractivity contribution in [2.24, 2.45) is 5.92 Å². The Bertz CT molecular complexity index is 794. The lowest BCUT2D eigenvalue weighted by Crippen LogP contribution is -2.46. The summed E-state index contributed by atoms with van der Waals surface area (Å²) in [5.41, 5.74) is 1.80. The van der Waals surface area contributed by atoms with Gasteiger partial charge in [-0.05, 0) is 33.2 Å². The second kappa shape index (κ2) is 6.22. The van der Waals surface area contributed by atoms with E-state index in [1.807, 2.05) is 12.3 Å². The highest BCUT2D eigenvalue weighted by molar-refractivity contribution is 7.15. The Labute approximate surface area is 145 Å². The van der Waals surface area contributed by atoms with Gasteiger partial charge in [-0.15, -0.1) is 11.3 Å². The molecule has 2 aromatic rings. The minimum absolute atomic E-state index is 0.0109. The molecule has 2 fully saturated rings. The minimum atomic E-state index is -0.458. The summed E-state index contributed by atoms with van der Waals surface area (Å²) in [5.74, 6) is -0.0944. The van der Waals surface area contributed by atoms with Gasteiger partial charge in [0.15, 0.2) is 10.7 Å². The van der Waals surface area contributed by atoms with E-state index in [-0.39, 0.29) is 5.56 Å². The van der Waals surface area contributed by atoms with Gasteiger partial charge in [-0.25, -0.2) is 4.98 Å². The Morgan fingerprint density at radius 3 is 3.00 bits per heavy atom. The summed E-state index contributed by atoms with van der Waals surface area (Å²) in [6.07, 6.45) is 2.23. The van der Waals surface area contributed by atoms with Crippen LogP contribution in [0.15, 0.2) is 16.2 Å². The van der Waals surface area contributed by atoms with Crippen molar-refractivity contribution < 1.29 is 9.47 Å². The number of aromatic nitrogens is 2. The molecule has 0 N–H and O–H groups in total. The zero-order chi connectivity index (χ0) is 16.7. The van der Waals surface area contributed by atoms with E-state index in [1.54, 1.807) is 10.5 Å². The standard InChI is InChI=1S/C17H23N3O3S/c1-12-11-24-16-18-14(8-15(21)20(12)16)10-19-5-3-4-13(9-19)17(2)22-6-7-23-17/h8,11,13H,3-7,9-10H2,1-2H3/t13-/m1/s1. The highest BCUT2D eigenvalue weighted by atomic mass is 32.1. The summed E-state index contributed by atoms with van der Waals surface area (Å²) in [5, 5.41) is 1.97. The topological polar surface area (TPSA) is 56.1 Å². The predicted octanol–water partition coefficient (Wildman–Crippen LogP) is 2.04. The van der Waals surface area contributed by atoms with Crippen LogP contribution in [-0.4, -0.2) is 46.4 Å². The summed E-state index contributed by atoms with van der Waals surface area (Å²) in [7, 11) is 0. The number of likely N-dealkylation sites (tertiary alicyclic amines) is 1. The number of hydrogen-bond donors (Lipinski definition) is 0. The van der Waals surface area contributed by atoms with Crippen molar-refractivity contribution in [1.82, 2.24) is 14.3 Å². The average molecular weight is 349 g/mol. The molecule has 130 valence electrons. The van der Waals surface area contributed by atoms with Crippen LogP contribution in [0.5, 0.6) is 0 Å². The molecule has 0 amide bonds. The van der Waals surface area contributed by atoms with Gasteiger partial charge in [0.25, 0.3) is 5.56 Å². The molecule has 2 aliphatic heterocycles. The molecule has 4 heterocycles. The van der Waals surface area contributed by atoms with Gasteiger partial charge in [0.1, 0.15) is 0 Å². The summed E-state index contributed by atoms with van der Waals surface area (Å²) >= 11 is 1.52. The molecule has 2 saturated heterocycles. The maximum absolute atomic E-state index is 12.3. The quantitative estimate of drug-likeness (QED) is 0.849. The van der Waals surface area contributed by atoms with Crippen LogP contribution in [0.25, 0.3) is 4.96 Å². The first-order chi connectivity index (χ1) is 11.5. The second-order valence-corrected chi connectivity index (χ2v) is 7.70. The molecule has 7 heteroatoms. The second-order valence-electron chi connectivity index (χ2n) is 6.87. The van der Waals surface area contributed by atoms with Crippen molar-refractivity contribution >= 4 is 16.3 Å². The summed E-state index contributed by atoms with van der Waals surface area (Å²) in [6.45, 7) is 8.00. The number of fused-ring (bicyclic) bond motifs is 1. The fourth-order valence-electron chi connectivity index (χ4n) is 3.80. The van der Waals surface area contributed by atoms with Gasteiger partial charge in [-0.2, -0.15) is 0 Å². The SMILES string of the molecule is Cc1csc2nc(CN3CCC[C@@H](C4(C)OCCO4)C3)cc(=O)n12. The maximum Gasteiger partial charge on any atom is 0.259 e. The Kier molecular flexibility index (Phi) is 4.20. The third-order valence-corrected chi connectivity index (χ3v) is 6.07. The van der Waals surface area contributed by atoms with Gasteiger partial charge >= 0.3 is 0 Å². The predicted molar refractivity (Wildman–Crippen MR) is 92.4 cm³/mol. The molecule has 2 aliphatic rings. The largest absolute Gasteiger partial charge is 0.347 e. The Morgan fingerprint density at radius 1 is 1.42 bits per heavy atom. The van der Waals surface area contributed by atoms with Crippen molar-refractivity contribution in [2.75, 3.05) is 26.3 Å². The van der Waals surface area contributed by atoms with Crippen LogP contribution in [-0.2, 0) is 16.0 Å².